The van der Waals surface area contributed by atoms with Crippen molar-refractivity contribution in [1.82, 2.24) is 0 Å². The lowest BCUT2D eigenvalue weighted by molar-refractivity contribution is -0.139. The predicted octanol–water partition coefficient (Wildman–Crippen LogP) is 14.4. The van der Waals surface area contributed by atoms with Gasteiger partial charge in [0.05, 0.1) is 6.61 Å². The van der Waals surface area contributed by atoms with E-state index in [1.807, 2.05) is 0 Å². The molecule has 2 nitrogen and oxygen atoms in total. The van der Waals surface area contributed by atoms with Crippen molar-refractivity contribution in [2.75, 3.05) is 6.61 Å². The lowest BCUT2D eigenvalue weighted by atomic mass is 10.0. The fourth-order valence-electron chi connectivity index (χ4n) is 6.08. The molecular formula is C40H78O2. The molecule has 0 aliphatic rings. The molecule has 0 fully saturated rings. The van der Waals surface area contributed by atoms with Crippen molar-refractivity contribution in [3.63, 3.8) is 0 Å². The number of esters is 1. The van der Waals surface area contributed by atoms with Gasteiger partial charge in [0.15, 0.2) is 0 Å². The first-order chi connectivity index (χ1) is 20.7. The number of hydrogen-bond donors (Lipinski definition) is 0. The van der Waals surface area contributed by atoms with E-state index in [4.69, 9.17) is 4.74 Å². The first-order valence-corrected chi connectivity index (χ1v) is 19.6. The highest BCUT2D eigenvalue weighted by molar-refractivity contribution is 5.87. The normalized spacial score (nSPS) is 11.3. The molecule has 0 amide bonds. The lowest BCUT2D eigenvalue weighted by Crippen LogP contribution is -2.08. The maximum absolute atomic E-state index is 12.2. The second-order valence-corrected chi connectivity index (χ2v) is 13.4. The van der Waals surface area contributed by atoms with E-state index in [1.165, 1.54) is 199 Å². The molecule has 0 N–H and O–H groups in total. The van der Waals surface area contributed by atoms with Crippen LogP contribution in [0.15, 0.2) is 12.2 Å². The summed E-state index contributed by atoms with van der Waals surface area (Å²) in [6.07, 6.45) is 46.0. The maximum Gasteiger partial charge on any atom is 0.333 e. The molecule has 0 saturated heterocycles. The molecule has 0 aromatic carbocycles. The predicted molar refractivity (Wildman–Crippen MR) is 188 cm³/mol. The molecular weight excluding hydrogens is 512 g/mol. The number of ether oxygens (including phenoxy) is 1. The van der Waals surface area contributed by atoms with Crippen molar-refractivity contribution >= 4 is 5.97 Å². The van der Waals surface area contributed by atoms with E-state index in [0.717, 1.165) is 19.3 Å². The molecule has 0 heterocycles. The van der Waals surface area contributed by atoms with Gasteiger partial charge in [-0.3, -0.25) is 0 Å². The summed E-state index contributed by atoms with van der Waals surface area (Å²) < 4.78 is 5.47. The van der Waals surface area contributed by atoms with Crippen molar-refractivity contribution in [3.8, 4) is 0 Å². The number of carbonyl (C=O) groups is 1. The summed E-state index contributed by atoms with van der Waals surface area (Å²) in [5.74, 6) is -0.160. The van der Waals surface area contributed by atoms with Crippen LogP contribution in [0.1, 0.15) is 232 Å². The monoisotopic (exact) mass is 591 g/mol. The molecule has 250 valence electrons. The van der Waals surface area contributed by atoms with Crippen LogP contribution in [0.25, 0.3) is 0 Å². The highest BCUT2D eigenvalue weighted by atomic mass is 16.5. The largest absolute Gasteiger partial charge is 0.462 e. The standard InChI is InChI=1S/C40H78O2/c1-4-6-8-10-12-14-16-18-20-22-23-25-27-29-31-33-35-37-39(3)40(41)42-38-36-34-32-30-28-26-24-21-19-17-15-13-11-9-7-5-2/h3-38H2,1-2H3. The van der Waals surface area contributed by atoms with Crippen molar-refractivity contribution in [2.24, 2.45) is 0 Å². The summed E-state index contributed by atoms with van der Waals surface area (Å²) in [6, 6.07) is 0. The van der Waals surface area contributed by atoms with Gasteiger partial charge in [-0.05, 0) is 19.3 Å². The Balaban J connectivity index is 3.27. The Kier molecular flexibility index (Phi) is 35.7. The van der Waals surface area contributed by atoms with Gasteiger partial charge in [-0.1, -0.05) is 219 Å². The number of carbonyl (C=O) groups excluding carboxylic acids is 1. The Morgan fingerprint density at radius 3 is 0.905 bits per heavy atom. The molecule has 0 saturated carbocycles. The zero-order chi connectivity index (χ0) is 30.6. The molecule has 0 spiro atoms. The van der Waals surface area contributed by atoms with Gasteiger partial charge in [-0.25, -0.2) is 4.79 Å². The van der Waals surface area contributed by atoms with E-state index < -0.39 is 0 Å². The molecule has 0 aliphatic carbocycles. The Morgan fingerprint density at radius 2 is 0.619 bits per heavy atom. The summed E-state index contributed by atoms with van der Waals surface area (Å²) in [6.45, 7) is 9.13. The van der Waals surface area contributed by atoms with Crippen molar-refractivity contribution in [2.45, 2.75) is 232 Å². The van der Waals surface area contributed by atoms with Crippen LogP contribution in [0.4, 0.5) is 0 Å². The highest BCUT2D eigenvalue weighted by Gasteiger charge is 2.08. The van der Waals surface area contributed by atoms with Gasteiger partial charge in [0, 0.05) is 5.57 Å². The maximum atomic E-state index is 12.2. The second-order valence-electron chi connectivity index (χ2n) is 13.4. The van der Waals surface area contributed by atoms with Gasteiger partial charge in [0.1, 0.15) is 0 Å². The third kappa shape index (κ3) is 33.7. The average Bonchev–Trinajstić information content (AvgIpc) is 3.00. The van der Waals surface area contributed by atoms with Crippen LogP contribution in [-0.2, 0) is 9.53 Å². The van der Waals surface area contributed by atoms with Crippen LogP contribution in [0, 0.1) is 0 Å². The zero-order valence-electron chi connectivity index (χ0n) is 29.3. The average molecular weight is 591 g/mol. The fourth-order valence-corrected chi connectivity index (χ4v) is 6.08. The lowest BCUT2D eigenvalue weighted by Gasteiger charge is -2.08. The zero-order valence-corrected chi connectivity index (χ0v) is 29.3. The third-order valence-corrected chi connectivity index (χ3v) is 9.10. The Labute approximate surface area is 266 Å². The Bertz CT molecular complexity index is 492. The summed E-state index contributed by atoms with van der Waals surface area (Å²) in [7, 11) is 0. The first-order valence-electron chi connectivity index (χ1n) is 19.6. The topological polar surface area (TPSA) is 26.3 Å². The molecule has 0 aliphatic heterocycles. The Morgan fingerprint density at radius 1 is 0.381 bits per heavy atom. The summed E-state index contributed by atoms with van der Waals surface area (Å²) in [5.41, 5.74) is 0.674. The molecule has 0 radical (unpaired) electrons. The summed E-state index contributed by atoms with van der Waals surface area (Å²) in [5, 5.41) is 0. The molecule has 42 heavy (non-hydrogen) atoms. The summed E-state index contributed by atoms with van der Waals surface area (Å²) in [4.78, 5) is 12.2. The fraction of sp³-hybridized carbons (Fsp3) is 0.925. The van der Waals surface area contributed by atoms with Crippen molar-refractivity contribution < 1.29 is 9.53 Å². The van der Waals surface area contributed by atoms with E-state index >= 15 is 0 Å². The Hall–Kier alpha value is -0.790. The summed E-state index contributed by atoms with van der Waals surface area (Å²) >= 11 is 0. The van der Waals surface area contributed by atoms with Gasteiger partial charge >= 0.3 is 5.97 Å². The van der Waals surface area contributed by atoms with Gasteiger partial charge in [0.2, 0.25) is 0 Å². The molecule has 0 aromatic rings. The molecule has 0 atom stereocenters. The third-order valence-electron chi connectivity index (χ3n) is 9.10. The molecule has 2 heteroatoms. The SMILES string of the molecule is C=C(CCCCCCCCCCCCCCCCCCC)C(=O)OCCCCCCCCCCCCCCCCCC. The van der Waals surface area contributed by atoms with Crippen LogP contribution < -0.4 is 0 Å². The van der Waals surface area contributed by atoms with E-state index in [9.17, 15) is 4.79 Å². The number of rotatable bonds is 36. The van der Waals surface area contributed by atoms with Crippen LogP contribution in [-0.4, -0.2) is 12.6 Å². The minimum Gasteiger partial charge on any atom is -0.462 e. The van der Waals surface area contributed by atoms with Crippen LogP contribution >= 0.6 is 0 Å². The molecule has 0 aromatic heterocycles. The van der Waals surface area contributed by atoms with Gasteiger partial charge in [0.25, 0.3) is 0 Å². The highest BCUT2D eigenvalue weighted by Crippen LogP contribution is 2.16. The van der Waals surface area contributed by atoms with Crippen LogP contribution in [0.2, 0.25) is 0 Å². The first kappa shape index (κ1) is 41.2. The van der Waals surface area contributed by atoms with Crippen molar-refractivity contribution in [1.29, 1.82) is 0 Å². The quantitative estimate of drug-likeness (QED) is 0.0412. The number of hydrogen-bond acceptors (Lipinski definition) is 2. The number of unbranched alkanes of at least 4 members (excludes halogenated alkanes) is 31. The van der Waals surface area contributed by atoms with E-state index in [-0.39, 0.29) is 5.97 Å². The van der Waals surface area contributed by atoms with E-state index in [1.54, 1.807) is 0 Å². The van der Waals surface area contributed by atoms with Crippen LogP contribution in [0.3, 0.4) is 0 Å². The smallest absolute Gasteiger partial charge is 0.333 e. The molecule has 0 rings (SSSR count). The van der Waals surface area contributed by atoms with E-state index in [0.29, 0.717) is 12.2 Å². The molecule has 0 unspecified atom stereocenters. The molecule has 0 bridgehead atoms. The minimum absolute atomic E-state index is 0.160. The second kappa shape index (κ2) is 36.4. The van der Waals surface area contributed by atoms with Crippen molar-refractivity contribution in [3.05, 3.63) is 12.2 Å². The minimum atomic E-state index is -0.160. The van der Waals surface area contributed by atoms with Gasteiger partial charge in [-0.15, -0.1) is 0 Å². The van der Waals surface area contributed by atoms with E-state index in [2.05, 4.69) is 20.4 Å². The van der Waals surface area contributed by atoms with Gasteiger partial charge in [-0.2, -0.15) is 0 Å². The van der Waals surface area contributed by atoms with Gasteiger partial charge < -0.3 is 4.74 Å². The van der Waals surface area contributed by atoms with Crippen LogP contribution in [0.5, 0.6) is 0 Å².